The van der Waals surface area contributed by atoms with Gasteiger partial charge in [-0.3, -0.25) is 4.79 Å². The molecule has 3 aromatic rings. The molecule has 0 bridgehead atoms. The second-order valence-electron chi connectivity index (χ2n) is 4.60. The summed E-state index contributed by atoms with van der Waals surface area (Å²) in [5.41, 5.74) is -0.704. The molecule has 2 aromatic carbocycles. The molecule has 0 saturated heterocycles. The van der Waals surface area contributed by atoms with Gasteiger partial charge in [0.15, 0.2) is 22.8 Å². The van der Waals surface area contributed by atoms with Gasteiger partial charge >= 0.3 is 0 Å². The Labute approximate surface area is 123 Å². The second kappa shape index (κ2) is 4.73. The van der Waals surface area contributed by atoms with Gasteiger partial charge in [0.05, 0.1) is 14.2 Å². The van der Waals surface area contributed by atoms with Crippen LogP contribution in [0.15, 0.2) is 27.4 Å². The molecule has 0 aliphatic rings. The third-order valence-electron chi connectivity index (χ3n) is 3.36. The highest BCUT2D eigenvalue weighted by Gasteiger charge is 2.21. The van der Waals surface area contributed by atoms with Crippen LogP contribution in [0.25, 0.3) is 21.9 Å². The lowest BCUT2D eigenvalue weighted by Crippen LogP contribution is -2.04. The van der Waals surface area contributed by atoms with Crippen molar-refractivity contribution in [3.8, 4) is 28.7 Å². The van der Waals surface area contributed by atoms with Gasteiger partial charge in [0.1, 0.15) is 27.9 Å². The molecule has 0 saturated carbocycles. The molecule has 22 heavy (non-hydrogen) atoms. The topological polar surface area (TPSA) is 109 Å². The van der Waals surface area contributed by atoms with E-state index in [1.807, 2.05) is 0 Å². The summed E-state index contributed by atoms with van der Waals surface area (Å²) in [6, 6.07) is 3.57. The van der Waals surface area contributed by atoms with Crippen LogP contribution in [0.3, 0.4) is 0 Å². The van der Waals surface area contributed by atoms with E-state index >= 15 is 0 Å². The molecule has 0 radical (unpaired) electrons. The maximum absolute atomic E-state index is 12.6. The first-order valence-corrected chi connectivity index (χ1v) is 6.24. The summed E-state index contributed by atoms with van der Waals surface area (Å²) in [5.74, 6) is -0.918. The number of benzene rings is 2. The average molecular weight is 304 g/mol. The Hall–Kier alpha value is -3.09. The first-order valence-electron chi connectivity index (χ1n) is 6.24. The van der Waals surface area contributed by atoms with Crippen LogP contribution in [0.4, 0.5) is 0 Å². The summed E-state index contributed by atoms with van der Waals surface area (Å²) >= 11 is 0. The van der Waals surface area contributed by atoms with Crippen molar-refractivity contribution in [2.24, 2.45) is 0 Å². The summed E-state index contributed by atoms with van der Waals surface area (Å²) < 4.78 is 15.7. The predicted octanol–water partition coefficient (Wildman–Crippen LogP) is 2.08. The minimum atomic E-state index is -0.663. The van der Waals surface area contributed by atoms with Crippen molar-refractivity contribution in [2.45, 2.75) is 0 Å². The molecule has 7 heteroatoms. The zero-order valence-electron chi connectivity index (χ0n) is 11.7. The summed E-state index contributed by atoms with van der Waals surface area (Å²) in [7, 11) is 2.70. The van der Waals surface area contributed by atoms with Gasteiger partial charge in [-0.2, -0.15) is 0 Å². The lowest BCUT2D eigenvalue weighted by atomic mass is 10.1. The summed E-state index contributed by atoms with van der Waals surface area (Å²) in [6.07, 6.45) is 0. The van der Waals surface area contributed by atoms with Crippen LogP contribution in [0.1, 0.15) is 0 Å². The summed E-state index contributed by atoms with van der Waals surface area (Å²) in [4.78, 5) is 12.6. The maximum Gasteiger partial charge on any atom is 0.208 e. The molecule has 0 unspecified atom stereocenters. The van der Waals surface area contributed by atoms with Crippen molar-refractivity contribution in [1.29, 1.82) is 0 Å². The first kappa shape index (κ1) is 13.9. The number of fused-ring (bicyclic) bond motifs is 2. The number of aromatic hydroxyl groups is 3. The molecule has 1 heterocycles. The van der Waals surface area contributed by atoms with E-state index in [9.17, 15) is 20.1 Å². The van der Waals surface area contributed by atoms with Crippen LogP contribution in [0.2, 0.25) is 0 Å². The molecule has 0 aliphatic heterocycles. The minimum absolute atomic E-state index is 0.0108. The zero-order valence-corrected chi connectivity index (χ0v) is 11.7. The fourth-order valence-corrected chi connectivity index (χ4v) is 2.36. The van der Waals surface area contributed by atoms with Crippen molar-refractivity contribution in [1.82, 2.24) is 0 Å². The highest BCUT2D eigenvalue weighted by Crippen LogP contribution is 2.41. The smallest absolute Gasteiger partial charge is 0.208 e. The van der Waals surface area contributed by atoms with Crippen molar-refractivity contribution in [2.75, 3.05) is 14.2 Å². The Kier molecular flexibility index (Phi) is 2.98. The molecule has 114 valence electrons. The SMILES string of the molecule is COc1cc(OC)c2oc3cc(O)cc(O)c3c(=O)c2c1O. The van der Waals surface area contributed by atoms with E-state index in [0.29, 0.717) is 0 Å². The Morgan fingerprint density at radius 3 is 2.27 bits per heavy atom. The molecular formula is C15H12O7. The van der Waals surface area contributed by atoms with Gasteiger partial charge in [-0.05, 0) is 0 Å². The number of methoxy groups -OCH3 is 2. The Balaban J connectivity index is 2.63. The van der Waals surface area contributed by atoms with Crippen LogP contribution in [-0.4, -0.2) is 29.5 Å². The summed E-state index contributed by atoms with van der Waals surface area (Å²) in [6.45, 7) is 0. The minimum Gasteiger partial charge on any atom is -0.508 e. The van der Waals surface area contributed by atoms with Crippen molar-refractivity contribution in [3.63, 3.8) is 0 Å². The molecular weight excluding hydrogens is 292 g/mol. The second-order valence-corrected chi connectivity index (χ2v) is 4.60. The lowest BCUT2D eigenvalue weighted by molar-refractivity contribution is 0.366. The Bertz CT molecular complexity index is 956. The van der Waals surface area contributed by atoms with Gasteiger partial charge in [-0.1, -0.05) is 0 Å². The Morgan fingerprint density at radius 2 is 1.64 bits per heavy atom. The molecule has 0 spiro atoms. The molecule has 3 N–H and O–H groups in total. The molecule has 0 atom stereocenters. The van der Waals surface area contributed by atoms with E-state index in [-0.39, 0.29) is 39.2 Å². The number of phenolic OH excluding ortho intramolecular Hbond substituents is 3. The molecule has 0 fully saturated rings. The number of ether oxygens (including phenoxy) is 2. The third-order valence-corrected chi connectivity index (χ3v) is 3.36. The van der Waals surface area contributed by atoms with E-state index in [2.05, 4.69) is 0 Å². The van der Waals surface area contributed by atoms with E-state index in [1.54, 1.807) is 0 Å². The number of hydrogen-bond acceptors (Lipinski definition) is 7. The fourth-order valence-electron chi connectivity index (χ4n) is 2.36. The van der Waals surface area contributed by atoms with Gasteiger partial charge in [0, 0.05) is 18.2 Å². The predicted molar refractivity (Wildman–Crippen MR) is 78.1 cm³/mol. The number of hydrogen-bond donors (Lipinski definition) is 3. The van der Waals surface area contributed by atoms with Crippen LogP contribution in [0.5, 0.6) is 28.7 Å². The monoisotopic (exact) mass is 304 g/mol. The van der Waals surface area contributed by atoms with E-state index in [1.165, 1.54) is 26.4 Å². The standard InChI is InChI=1S/C15H12O7/c1-20-9-5-10(21-2)15-12(13(9)18)14(19)11-7(17)3-6(16)4-8(11)22-15/h3-5,16-18H,1-2H3. The summed E-state index contributed by atoms with van der Waals surface area (Å²) in [5, 5.41) is 29.2. The zero-order chi connectivity index (χ0) is 16.0. The van der Waals surface area contributed by atoms with E-state index in [0.717, 1.165) is 6.07 Å². The van der Waals surface area contributed by atoms with Gasteiger partial charge in [-0.25, -0.2) is 0 Å². The van der Waals surface area contributed by atoms with E-state index < -0.39 is 16.9 Å². The van der Waals surface area contributed by atoms with Gasteiger partial charge in [0.25, 0.3) is 0 Å². The quantitative estimate of drug-likeness (QED) is 0.622. The van der Waals surface area contributed by atoms with Crippen molar-refractivity contribution in [3.05, 3.63) is 28.4 Å². The molecule has 1 aromatic heterocycles. The fraction of sp³-hybridized carbons (Fsp3) is 0.133. The van der Waals surface area contributed by atoms with Gasteiger partial charge in [0.2, 0.25) is 5.43 Å². The van der Waals surface area contributed by atoms with Gasteiger partial charge in [-0.15, -0.1) is 0 Å². The highest BCUT2D eigenvalue weighted by atomic mass is 16.5. The largest absolute Gasteiger partial charge is 0.508 e. The van der Waals surface area contributed by atoms with Crippen LogP contribution in [0, 0.1) is 0 Å². The van der Waals surface area contributed by atoms with Crippen molar-refractivity contribution < 1.29 is 29.2 Å². The lowest BCUT2D eigenvalue weighted by Gasteiger charge is -2.11. The van der Waals surface area contributed by atoms with Gasteiger partial charge < -0.3 is 29.2 Å². The molecule has 0 amide bonds. The van der Waals surface area contributed by atoms with Crippen molar-refractivity contribution >= 4 is 21.9 Å². The van der Waals surface area contributed by atoms with E-state index in [4.69, 9.17) is 13.9 Å². The normalized spacial score (nSPS) is 11.0. The highest BCUT2D eigenvalue weighted by molar-refractivity contribution is 5.99. The third kappa shape index (κ3) is 1.79. The Morgan fingerprint density at radius 1 is 0.955 bits per heavy atom. The van der Waals surface area contributed by atoms with Crippen LogP contribution >= 0.6 is 0 Å². The number of rotatable bonds is 2. The average Bonchev–Trinajstić information content (AvgIpc) is 2.46. The first-order chi connectivity index (χ1) is 10.5. The van der Waals surface area contributed by atoms with Crippen LogP contribution in [-0.2, 0) is 0 Å². The molecule has 7 nitrogen and oxygen atoms in total. The molecule has 3 rings (SSSR count). The maximum atomic E-state index is 12.6. The van der Waals surface area contributed by atoms with Crippen LogP contribution < -0.4 is 14.9 Å². The number of phenols is 3. The molecule has 0 aliphatic carbocycles.